The van der Waals surface area contributed by atoms with Crippen molar-refractivity contribution >= 4 is 17.2 Å². The van der Waals surface area contributed by atoms with Crippen LogP contribution in [0.3, 0.4) is 0 Å². The lowest BCUT2D eigenvalue weighted by atomic mass is 10.2. The summed E-state index contributed by atoms with van der Waals surface area (Å²) in [6.45, 7) is 2.95. The standard InChI is InChI=1S/C23H21N3O2S/c1-17-6-8-19(9-7-17)23-25-20(16-29-23)12-22(27)26(15-21-5-3-11-28-21)14-18-4-2-10-24-13-18/h2-11,13,16H,12,14-15H2,1H3. The molecule has 4 aromatic rings. The van der Waals surface area contributed by atoms with Gasteiger partial charge >= 0.3 is 0 Å². The summed E-state index contributed by atoms with van der Waals surface area (Å²) in [6, 6.07) is 15.8. The van der Waals surface area contributed by atoms with Crippen LogP contribution in [0.1, 0.15) is 22.6 Å². The molecule has 0 radical (unpaired) electrons. The summed E-state index contributed by atoms with van der Waals surface area (Å²) in [6.07, 6.45) is 5.38. The zero-order valence-corrected chi connectivity index (χ0v) is 16.9. The number of nitrogens with zero attached hydrogens (tertiary/aromatic N) is 3. The van der Waals surface area contributed by atoms with Crippen molar-refractivity contribution in [1.82, 2.24) is 14.9 Å². The molecule has 5 nitrogen and oxygen atoms in total. The van der Waals surface area contributed by atoms with E-state index in [1.54, 1.807) is 34.9 Å². The van der Waals surface area contributed by atoms with Gasteiger partial charge in [-0.15, -0.1) is 11.3 Å². The average molecular weight is 404 g/mol. The number of carbonyl (C=O) groups is 1. The Morgan fingerprint density at radius 3 is 2.69 bits per heavy atom. The molecule has 0 aliphatic rings. The molecule has 0 fully saturated rings. The molecule has 29 heavy (non-hydrogen) atoms. The number of benzene rings is 1. The van der Waals surface area contributed by atoms with Gasteiger partial charge in [0.05, 0.1) is 24.9 Å². The fraction of sp³-hybridized carbons (Fsp3) is 0.174. The van der Waals surface area contributed by atoms with Gasteiger partial charge in [-0.05, 0) is 30.7 Å². The van der Waals surface area contributed by atoms with Crippen LogP contribution in [-0.4, -0.2) is 20.8 Å². The predicted octanol–water partition coefficient (Wildman–Crippen LogP) is 4.88. The minimum absolute atomic E-state index is 0.00556. The van der Waals surface area contributed by atoms with Crippen molar-refractivity contribution in [2.75, 3.05) is 0 Å². The molecule has 6 heteroatoms. The Morgan fingerprint density at radius 1 is 1.10 bits per heavy atom. The number of amides is 1. The van der Waals surface area contributed by atoms with Gasteiger partial charge in [0.15, 0.2) is 0 Å². The van der Waals surface area contributed by atoms with E-state index < -0.39 is 0 Å². The Kier molecular flexibility index (Phi) is 5.81. The summed E-state index contributed by atoms with van der Waals surface area (Å²) in [5.41, 5.74) is 4.05. The lowest BCUT2D eigenvalue weighted by molar-refractivity contribution is -0.132. The van der Waals surface area contributed by atoms with E-state index in [9.17, 15) is 4.79 Å². The van der Waals surface area contributed by atoms with Gasteiger partial charge in [-0.25, -0.2) is 4.98 Å². The topological polar surface area (TPSA) is 59.2 Å². The number of hydrogen-bond acceptors (Lipinski definition) is 5. The Hall–Kier alpha value is -3.25. The molecule has 3 heterocycles. The van der Waals surface area contributed by atoms with E-state index in [0.29, 0.717) is 13.1 Å². The Morgan fingerprint density at radius 2 is 1.97 bits per heavy atom. The molecule has 3 aromatic heterocycles. The number of aryl methyl sites for hydroxylation is 1. The quantitative estimate of drug-likeness (QED) is 0.441. The van der Waals surface area contributed by atoms with Gasteiger partial charge in [-0.1, -0.05) is 35.9 Å². The van der Waals surface area contributed by atoms with Gasteiger partial charge in [-0.3, -0.25) is 9.78 Å². The molecule has 1 amide bonds. The molecule has 0 aliphatic heterocycles. The number of rotatable bonds is 7. The number of carbonyl (C=O) groups excluding carboxylic acids is 1. The van der Waals surface area contributed by atoms with Crippen molar-refractivity contribution in [3.63, 3.8) is 0 Å². The van der Waals surface area contributed by atoms with Crippen molar-refractivity contribution in [3.8, 4) is 10.6 Å². The Balaban J connectivity index is 1.49. The van der Waals surface area contributed by atoms with Crippen LogP contribution in [0.25, 0.3) is 10.6 Å². The first kappa shape index (κ1) is 19.1. The third-order valence-corrected chi connectivity index (χ3v) is 5.50. The second-order valence-corrected chi connectivity index (χ2v) is 7.74. The molecule has 0 bridgehead atoms. The van der Waals surface area contributed by atoms with Crippen LogP contribution in [0.15, 0.2) is 77.0 Å². The molecule has 0 atom stereocenters. The molecule has 146 valence electrons. The van der Waals surface area contributed by atoms with Crippen LogP contribution in [0, 0.1) is 6.92 Å². The summed E-state index contributed by atoms with van der Waals surface area (Å²) in [7, 11) is 0. The van der Waals surface area contributed by atoms with E-state index in [4.69, 9.17) is 4.42 Å². The highest BCUT2D eigenvalue weighted by atomic mass is 32.1. The monoisotopic (exact) mass is 403 g/mol. The number of pyridine rings is 1. The van der Waals surface area contributed by atoms with Crippen LogP contribution < -0.4 is 0 Å². The first-order valence-corrected chi connectivity index (χ1v) is 10.3. The summed E-state index contributed by atoms with van der Waals surface area (Å²) in [4.78, 5) is 23.7. The minimum Gasteiger partial charge on any atom is -0.467 e. The molecular formula is C23H21N3O2S. The molecule has 4 rings (SSSR count). The molecule has 0 spiro atoms. The van der Waals surface area contributed by atoms with Crippen molar-refractivity contribution < 1.29 is 9.21 Å². The van der Waals surface area contributed by atoms with E-state index in [1.165, 1.54) is 5.56 Å². The molecule has 1 aromatic carbocycles. The molecule has 0 aliphatic carbocycles. The smallest absolute Gasteiger partial charge is 0.229 e. The third kappa shape index (κ3) is 4.97. The maximum atomic E-state index is 13.1. The largest absolute Gasteiger partial charge is 0.467 e. The van der Waals surface area contributed by atoms with Gasteiger partial charge < -0.3 is 9.32 Å². The van der Waals surface area contributed by atoms with E-state index in [-0.39, 0.29) is 12.3 Å². The van der Waals surface area contributed by atoms with Crippen LogP contribution in [0.2, 0.25) is 0 Å². The van der Waals surface area contributed by atoms with E-state index >= 15 is 0 Å². The normalized spacial score (nSPS) is 10.8. The highest BCUT2D eigenvalue weighted by molar-refractivity contribution is 7.13. The molecule has 0 N–H and O–H groups in total. The van der Waals surface area contributed by atoms with E-state index in [0.717, 1.165) is 27.6 Å². The summed E-state index contributed by atoms with van der Waals surface area (Å²) in [5, 5.41) is 2.89. The molecule has 0 unspecified atom stereocenters. The average Bonchev–Trinajstić information content (AvgIpc) is 3.41. The van der Waals surface area contributed by atoms with E-state index in [2.05, 4.69) is 41.2 Å². The SMILES string of the molecule is Cc1ccc(-c2nc(CC(=O)N(Cc3cccnc3)Cc3ccco3)cs2)cc1. The van der Waals surface area contributed by atoms with Gasteiger partial charge in [0.1, 0.15) is 10.8 Å². The van der Waals surface area contributed by atoms with Crippen molar-refractivity contribution in [2.45, 2.75) is 26.4 Å². The maximum Gasteiger partial charge on any atom is 0.229 e. The lowest BCUT2D eigenvalue weighted by Crippen LogP contribution is -2.31. The number of thiazole rings is 1. The van der Waals surface area contributed by atoms with Gasteiger partial charge in [0, 0.05) is 29.9 Å². The zero-order valence-electron chi connectivity index (χ0n) is 16.1. The summed E-state index contributed by atoms with van der Waals surface area (Å²) in [5.74, 6) is 0.756. The first-order valence-electron chi connectivity index (χ1n) is 9.38. The van der Waals surface area contributed by atoms with Crippen molar-refractivity contribution in [2.24, 2.45) is 0 Å². The third-order valence-electron chi connectivity index (χ3n) is 4.56. The van der Waals surface area contributed by atoms with Crippen LogP contribution in [-0.2, 0) is 24.3 Å². The van der Waals surface area contributed by atoms with E-state index in [1.807, 2.05) is 29.6 Å². The lowest BCUT2D eigenvalue weighted by Gasteiger charge is -2.21. The second kappa shape index (κ2) is 8.84. The zero-order chi connectivity index (χ0) is 20.1. The number of hydrogen-bond donors (Lipinski definition) is 0. The number of furan rings is 1. The fourth-order valence-electron chi connectivity index (χ4n) is 3.02. The van der Waals surface area contributed by atoms with Crippen LogP contribution >= 0.6 is 11.3 Å². The Labute approximate surface area is 173 Å². The van der Waals surface area contributed by atoms with Gasteiger partial charge in [-0.2, -0.15) is 0 Å². The molecule has 0 saturated carbocycles. The molecule has 0 saturated heterocycles. The van der Waals surface area contributed by atoms with Gasteiger partial charge in [0.25, 0.3) is 0 Å². The van der Waals surface area contributed by atoms with Crippen molar-refractivity contribution in [3.05, 3.63) is 95.1 Å². The first-order chi connectivity index (χ1) is 14.2. The van der Waals surface area contributed by atoms with Gasteiger partial charge in [0.2, 0.25) is 5.91 Å². The summed E-state index contributed by atoms with van der Waals surface area (Å²) >= 11 is 1.56. The van der Waals surface area contributed by atoms with Crippen molar-refractivity contribution in [1.29, 1.82) is 0 Å². The van der Waals surface area contributed by atoms with Crippen LogP contribution in [0.5, 0.6) is 0 Å². The van der Waals surface area contributed by atoms with Crippen LogP contribution in [0.4, 0.5) is 0 Å². The highest BCUT2D eigenvalue weighted by Crippen LogP contribution is 2.24. The Bertz CT molecular complexity index is 1060. The second-order valence-electron chi connectivity index (χ2n) is 6.88. The maximum absolute atomic E-state index is 13.1. The highest BCUT2D eigenvalue weighted by Gasteiger charge is 2.18. The predicted molar refractivity (Wildman–Crippen MR) is 113 cm³/mol. The fourth-order valence-corrected chi connectivity index (χ4v) is 3.84. The molecular weight excluding hydrogens is 382 g/mol. The number of aromatic nitrogens is 2. The summed E-state index contributed by atoms with van der Waals surface area (Å²) < 4.78 is 5.45. The minimum atomic E-state index is 0.00556.